The number of carbonyl (C=O) groups is 1. The van der Waals surface area contributed by atoms with Crippen molar-refractivity contribution in [3.05, 3.63) is 12.7 Å². The second-order valence-electron chi connectivity index (χ2n) is 5.31. The summed E-state index contributed by atoms with van der Waals surface area (Å²) in [6.45, 7) is 10.8. The minimum absolute atomic E-state index is 0.271. The molecule has 1 amide bonds. The number of rotatable bonds is 7. The molecule has 1 saturated heterocycles. The summed E-state index contributed by atoms with van der Waals surface area (Å²) in [5.41, 5.74) is 0. The Hall–Kier alpha value is -0.830. The van der Waals surface area contributed by atoms with Crippen LogP contribution in [0.5, 0.6) is 0 Å². The molecule has 17 heavy (non-hydrogen) atoms. The van der Waals surface area contributed by atoms with Gasteiger partial charge in [-0.05, 0) is 31.7 Å². The van der Waals surface area contributed by atoms with Gasteiger partial charge < -0.3 is 10.2 Å². The summed E-state index contributed by atoms with van der Waals surface area (Å²) < 4.78 is 0. The lowest BCUT2D eigenvalue weighted by molar-refractivity contribution is -0.132. The highest BCUT2D eigenvalue weighted by atomic mass is 16.2. The van der Waals surface area contributed by atoms with Gasteiger partial charge >= 0.3 is 0 Å². The molecule has 0 spiro atoms. The molecule has 3 nitrogen and oxygen atoms in total. The second-order valence-corrected chi connectivity index (χ2v) is 5.31. The average Bonchev–Trinajstić information content (AvgIpc) is 2.77. The lowest BCUT2D eigenvalue weighted by atomic mass is 10.1. The third kappa shape index (κ3) is 5.35. The summed E-state index contributed by atoms with van der Waals surface area (Å²) in [4.78, 5) is 14.1. The molecule has 0 aliphatic carbocycles. The van der Waals surface area contributed by atoms with E-state index in [1.54, 1.807) is 0 Å². The molecule has 0 aromatic rings. The molecule has 0 aromatic heterocycles. The number of hydrogen-bond donors (Lipinski definition) is 1. The molecule has 0 aromatic carbocycles. The van der Waals surface area contributed by atoms with Crippen LogP contribution in [0.2, 0.25) is 0 Å². The summed E-state index contributed by atoms with van der Waals surface area (Å²) in [5.74, 6) is 0.802. The summed E-state index contributed by atoms with van der Waals surface area (Å²) in [6, 6.07) is 0.501. The Morgan fingerprint density at radius 1 is 1.59 bits per heavy atom. The van der Waals surface area contributed by atoms with Crippen LogP contribution >= 0.6 is 0 Å². The van der Waals surface area contributed by atoms with E-state index in [2.05, 4.69) is 25.7 Å². The largest absolute Gasteiger partial charge is 0.341 e. The molecule has 1 aliphatic heterocycles. The van der Waals surface area contributed by atoms with Gasteiger partial charge in [-0.1, -0.05) is 19.9 Å². The molecular weight excluding hydrogens is 212 g/mol. The fourth-order valence-electron chi connectivity index (χ4n) is 2.28. The zero-order valence-corrected chi connectivity index (χ0v) is 11.2. The molecule has 1 fully saturated rings. The first-order chi connectivity index (χ1) is 8.13. The lowest BCUT2D eigenvalue weighted by Crippen LogP contribution is -2.42. The van der Waals surface area contributed by atoms with Crippen LogP contribution < -0.4 is 5.32 Å². The Balaban J connectivity index is 2.45. The highest BCUT2D eigenvalue weighted by molar-refractivity contribution is 5.76. The van der Waals surface area contributed by atoms with E-state index in [0.717, 1.165) is 26.1 Å². The molecule has 1 atom stereocenters. The van der Waals surface area contributed by atoms with Crippen LogP contribution in [0.1, 0.15) is 39.5 Å². The summed E-state index contributed by atoms with van der Waals surface area (Å²) >= 11 is 0. The fraction of sp³-hybridized carbons (Fsp3) is 0.786. The number of allylic oxidation sites excluding steroid dienone is 1. The molecule has 1 N–H and O–H groups in total. The Kier molecular flexibility index (Phi) is 6.27. The molecule has 3 heteroatoms. The standard InChI is InChI=1S/C14H26N2O/c1-4-5-8-14(17)16(10-12(2)3)11-13-7-6-9-15-13/h4,12-13,15H,1,5-11H2,2-3H3. The first-order valence-electron chi connectivity index (χ1n) is 6.75. The molecule has 98 valence electrons. The normalized spacial score (nSPS) is 19.6. The van der Waals surface area contributed by atoms with Crippen LogP contribution in [-0.4, -0.2) is 36.5 Å². The van der Waals surface area contributed by atoms with Gasteiger partial charge in [-0.15, -0.1) is 6.58 Å². The molecular formula is C14H26N2O. The maximum Gasteiger partial charge on any atom is 0.222 e. The van der Waals surface area contributed by atoms with Crippen LogP contribution in [0.3, 0.4) is 0 Å². The van der Waals surface area contributed by atoms with Gasteiger partial charge in [0, 0.05) is 25.6 Å². The Morgan fingerprint density at radius 3 is 2.88 bits per heavy atom. The third-order valence-corrected chi connectivity index (χ3v) is 3.10. The number of amides is 1. The Bertz CT molecular complexity index is 245. The molecule has 1 aliphatic rings. The highest BCUT2D eigenvalue weighted by Gasteiger charge is 2.21. The first-order valence-corrected chi connectivity index (χ1v) is 6.75. The molecule has 0 bridgehead atoms. The van der Waals surface area contributed by atoms with Crippen LogP contribution in [0.4, 0.5) is 0 Å². The number of carbonyl (C=O) groups excluding carboxylic acids is 1. The lowest BCUT2D eigenvalue weighted by Gasteiger charge is -2.27. The maximum atomic E-state index is 12.1. The van der Waals surface area contributed by atoms with Crippen LogP contribution in [0, 0.1) is 5.92 Å². The fourth-order valence-corrected chi connectivity index (χ4v) is 2.28. The van der Waals surface area contributed by atoms with Crippen molar-refractivity contribution in [2.24, 2.45) is 5.92 Å². The first kappa shape index (κ1) is 14.2. The molecule has 1 rings (SSSR count). The van der Waals surface area contributed by atoms with Crippen molar-refractivity contribution in [3.63, 3.8) is 0 Å². The number of nitrogens with zero attached hydrogens (tertiary/aromatic N) is 1. The van der Waals surface area contributed by atoms with E-state index in [9.17, 15) is 4.79 Å². The van der Waals surface area contributed by atoms with E-state index >= 15 is 0 Å². The third-order valence-electron chi connectivity index (χ3n) is 3.10. The van der Waals surface area contributed by atoms with E-state index in [1.165, 1.54) is 12.8 Å². The van der Waals surface area contributed by atoms with Gasteiger partial charge in [0.05, 0.1) is 0 Å². The van der Waals surface area contributed by atoms with Crippen molar-refractivity contribution in [2.45, 2.75) is 45.6 Å². The predicted octanol–water partition coefficient (Wildman–Crippen LogP) is 2.19. The van der Waals surface area contributed by atoms with E-state index in [1.807, 2.05) is 11.0 Å². The van der Waals surface area contributed by atoms with Crippen molar-refractivity contribution < 1.29 is 4.79 Å². The van der Waals surface area contributed by atoms with Crippen molar-refractivity contribution in [1.82, 2.24) is 10.2 Å². The van der Waals surface area contributed by atoms with Gasteiger partial charge in [-0.3, -0.25) is 4.79 Å². The Morgan fingerprint density at radius 2 is 2.35 bits per heavy atom. The topological polar surface area (TPSA) is 32.3 Å². The summed E-state index contributed by atoms with van der Waals surface area (Å²) in [7, 11) is 0. The highest BCUT2D eigenvalue weighted by Crippen LogP contribution is 2.10. The van der Waals surface area contributed by atoms with Crippen LogP contribution in [-0.2, 0) is 4.79 Å². The number of nitrogens with one attached hydrogen (secondary N) is 1. The van der Waals surface area contributed by atoms with Gasteiger partial charge in [0.25, 0.3) is 0 Å². The Labute approximate surface area is 105 Å². The van der Waals surface area contributed by atoms with Crippen LogP contribution in [0.15, 0.2) is 12.7 Å². The van der Waals surface area contributed by atoms with Gasteiger partial charge in [0.15, 0.2) is 0 Å². The quantitative estimate of drug-likeness (QED) is 0.690. The van der Waals surface area contributed by atoms with Gasteiger partial charge in [-0.2, -0.15) is 0 Å². The van der Waals surface area contributed by atoms with Crippen molar-refractivity contribution in [1.29, 1.82) is 0 Å². The van der Waals surface area contributed by atoms with Crippen molar-refractivity contribution >= 4 is 5.91 Å². The van der Waals surface area contributed by atoms with Gasteiger partial charge in [0.1, 0.15) is 0 Å². The van der Waals surface area contributed by atoms with Gasteiger partial charge in [-0.25, -0.2) is 0 Å². The molecule has 1 unspecified atom stereocenters. The zero-order valence-electron chi connectivity index (χ0n) is 11.2. The molecule has 1 heterocycles. The minimum Gasteiger partial charge on any atom is -0.341 e. The summed E-state index contributed by atoms with van der Waals surface area (Å²) in [6.07, 6.45) is 5.64. The zero-order chi connectivity index (χ0) is 12.7. The summed E-state index contributed by atoms with van der Waals surface area (Å²) in [5, 5.41) is 3.46. The van der Waals surface area contributed by atoms with E-state index in [-0.39, 0.29) is 5.91 Å². The molecule has 0 radical (unpaired) electrons. The maximum absolute atomic E-state index is 12.1. The smallest absolute Gasteiger partial charge is 0.222 e. The van der Waals surface area contributed by atoms with E-state index < -0.39 is 0 Å². The monoisotopic (exact) mass is 238 g/mol. The second kappa shape index (κ2) is 7.49. The van der Waals surface area contributed by atoms with E-state index in [4.69, 9.17) is 0 Å². The number of hydrogen-bond acceptors (Lipinski definition) is 2. The van der Waals surface area contributed by atoms with E-state index in [0.29, 0.717) is 18.4 Å². The van der Waals surface area contributed by atoms with Crippen molar-refractivity contribution in [3.8, 4) is 0 Å². The van der Waals surface area contributed by atoms with Crippen LogP contribution in [0.25, 0.3) is 0 Å². The predicted molar refractivity (Wildman–Crippen MR) is 71.9 cm³/mol. The molecule has 0 saturated carbocycles. The SMILES string of the molecule is C=CCCC(=O)N(CC(C)C)CC1CCCN1. The van der Waals surface area contributed by atoms with Gasteiger partial charge in [0.2, 0.25) is 5.91 Å². The average molecular weight is 238 g/mol. The van der Waals surface area contributed by atoms with Crippen molar-refractivity contribution in [2.75, 3.05) is 19.6 Å². The minimum atomic E-state index is 0.271.